The van der Waals surface area contributed by atoms with Crippen molar-refractivity contribution in [3.63, 3.8) is 0 Å². The van der Waals surface area contributed by atoms with Crippen LogP contribution < -0.4 is 10.6 Å². The van der Waals surface area contributed by atoms with Crippen LogP contribution in [0.1, 0.15) is 0 Å². The van der Waals surface area contributed by atoms with Crippen LogP contribution in [0.4, 0.5) is 5.69 Å². The topological polar surface area (TPSA) is 53.5 Å². The highest BCUT2D eigenvalue weighted by atomic mass is 79.9. The zero-order chi connectivity index (χ0) is 10.7. The molecule has 1 aromatic carbocycles. The fourth-order valence-electron chi connectivity index (χ4n) is 1.27. The fraction of sp³-hybridized carbons (Fsp3) is 0.200. The second kappa shape index (κ2) is 4.44. The Kier molecular flexibility index (Phi) is 3.01. The van der Waals surface area contributed by atoms with Crippen LogP contribution in [0.5, 0.6) is 0 Å². The van der Waals surface area contributed by atoms with Gasteiger partial charge in [-0.25, -0.2) is 0 Å². The molecule has 1 amide bonds. The predicted molar refractivity (Wildman–Crippen MR) is 63.1 cm³/mol. The summed E-state index contributed by atoms with van der Waals surface area (Å²) >= 11 is 3.33. The van der Waals surface area contributed by atoms with E-state index in [1.54, 1.807) is 0 Å². The van der Waals surface area contributed by atoms with E-state index in [1.165, 1.54) is 0 Å². The van der Waals surface area contributed by atoms with Gasteiger partial charge in [0.25, 0.3) is 5.91 Å². The Hall–Kier alpha value is -1.36. The second-order valence-electron chi connectivity index (χ2n) is 3.12. The Bertz CT molecular complexity index is 400. The van der Waals surface area contributed by atoms with Crippen molar-refractivity contribution in [2.45, 2.75) is 0 Å². The van der Waals surface area contributed by atoms with E-state index in [9.17, 15) is 4.79 Å². The first-order valence-electron chi connectivity index (χ1n) is 4.61. The number of benzene rings is 1. The van der Waals surface area contributed by atoms with Crippen LogP contribution in [0, 0.1) is 0 Å². The number of nitrogens with zero attached hydrogens (tertiary/aromatic N) is 1. The summed E-state index contributed by atoms with van der Waals surface area (Å²) < 4.78 is 0.983. The number of rotatable bonds is 2. The summed E-state index contributed by atoms with van der Waals surface area (Å²) in [7, 11) is 0. The molecule has 0 fully saturated rings. The van der Waals surface area contributed by atoms with Crippen molar-refractivity contribution in [3.05, 3.63) is 28.7 Å². The molecular weight excluding hydrogens is 258 g/mol. The smallest absolute Gasteiger partial charge is 0.290 e. The molecule has 0 saturated carbocycles. The van der Waals surface area contributed by atoms with Crippen molar-refractivity contribution in [2.75, 3.05) is 18.4 Å². The number of amides is 1. The predicted octanol–water partition coefficient (Wildman–Crippen LogP) is 1.39. The van der Waals surface area contributed by atoms with Gasteiger partial charge in [-0.2, -0.15) is 0 Å². The van der Waals surface area contributed by atoms with Crippen molar-refractivity contribution < 1.29 is 4.79 Å². The minimum absolute atomic E-state index is 0.185. The zero-order valence-corrected chi connectivity index (χ0v) is 9.54. The average Bonchev–Trinajstić information content (AvgIpc) is 2.74. The summed E-state index contributed by atoms with van der Waals surface area (Å²) in [5, 5.41) is 5.67. The minimum atomic E-state index is -0.185. The van der Waals surface area contributed by atoms with Gasteiger partial charge < -0.3 is 10.6 Å². The third-order valence-electron chi connectivity index (χ3n) is 1.99. The molecule has 0 aliphatic carbocycles. The Morgan fingerprint density at radius 3 is 2.73 bits per heavy atom. The van der Waals surface area contributed by atoms with Gasteiger partial charge in [-0.1, -0.05) is 15.9 Å². The van der Waals surface area contributed by atoms with Gasteiger partial charge in [0.05, 0.1) is 6.54 Å². The molecule has 0 atom stereocenters. The normalized spacial score (nSPS) is 14.3. The Morgan fingerprint density at radius 1 is 1.40 bits per heavy atom. The van der Waals surface area contributed by atoms with E-state index in [0.717, 1.165) is 16.7 Å². The van der Waals surface area contributed by atoms with Gasteiger partial charge in [-0.15, -0.1) is 0 Å². The molecule has 0 spiro atoms. The third-order valence-corrected chi connectivity index (χ3v) is 2.52. The zero-order valence-electron chi connectivity index (χ0n) is 7.96. The highest BCUT2D eigenvalue weighted by molar-refractivity contribution is 9.10. The molecule has 78 valence electrons. The van der Waals surface area contributed by atoms with E-state index >= 15 is 0 Å². The van der Waals surface area contributed by atoms with E-state index in [-0.39, 0.29) is 5.91 Å². The van der Waals surface area contributed by atoms with Gasteiger partial charge >= 0.3 is 0 Å². The van der Waals surface area contributed by atoms with E-state index in [1.807, 2.05) is 24.3 Å². The summed E-state index contributed by atoms with van der Waals surface area (Å²) in [6.07, 6.45) is 0. The summed E-state index contributed by atoms with van der Waals surface area (Å²) in [4.78, 5) is 15.6. The number of amidine groups is 1. The molecule has 4 nitrogen and oxygen atoms in total. The lowest BCUT2D eigenvalue weighted by Gasteiger charge is -2.04. The third kappa shape index (κ3) is 2.56. The number of nitrogens with one attached hydrogen (secondary N) is 2. The van der Waals surface area contributed by atoms with E-state index in [0.29, 0.717) is 12.4 Å². The number of carbonyl (C=O) groups excluding carboxylic acids is 1. The minimum Gasteiger partial charge on any atom is -0.364 e. The van der Waals surface area contributed by atoms with Gasteiger partial charge in [0.2, 0.25) is 0 Å². The Balaban J connectivity index is 2.02. The van der Waals surface area contributed by atoms with Crippen LogP contribution >= 0.6 is 15.9 Å². The molecule has 0 saturated heterocycles. The molecule has 0 bridgehead atoms. The van der Waals surface area contributed by atoms with Crippen LogP contribution in [-0.4, -0.2) is 24.8 Å². The van der Waals surface area contributed by atoms with Gasteiger partial charge in [0.15, 0.2) is 5.84 Å². The number of anilines is 1. The monoisotopic (exact) mass is 267 g/mol. The lowest BCUT2D eigenvalue weighted by molar-refractivity contribution is -0.110. The van der Waals surface area contributed by atoms with Crippen LogP contribution in [0.2, 0.25) is 0 Å². The van der Waals surface area contributed by atoms with Gasteiger partial charge in [-0.3, -0.25) is 9.79 Å². The van der Waals surface area contributed by atoms with Crippen molar-refractivity contribution in [2.24, 2.45) is 4.99 Å². The van der Waals surface area contributed by atoms with Crippen LogP contribution in [0.3, 0.4) is 0 Å². The van der Waals surface area contributed by atoms with Crippen molar-refractivity contribution in [1.82, 2.24) is 5.32 Å². The van der Waals surface area contributed by atoms with Gasteiger partial charge in [-0.05, 0) is 24.3 Å². The first kappa shape index (κ1) is 10.2. The summed E-state index contributed by atoms with van der Waals surface area (Å²) in [5.74, 6) is 0.229. The molecule has 1 heterocycles. The first-order valence-corrected chi connectivity index (χ1v) is 5.40. The molecule has 0 aromatic heterocycles. The van der Waals surface area contributed by atoms with E-state index in [4.69, 9.17) is 0 Å². The lowest BCUT2D eigenvalue weighted by atomic mass is 10.3. The summed E-state index contributed by atoms with van der Waals surface area (Å²) in [5.41, 5.74) is 0.764. The molecular formula is C10H10BrN3O. The molecule has 5 heteroatoms. The maximum atomic E-state index is 11.6. The molecule has 1 aromatic rings. The number of aliphatic imine (C=N–C) groups is 1. The standard InChI is InChI=1S/C10H10BrN3O/c11-7-1-3-8(4-2-7)14-10(15)9-12-5-6-13-9/h1-4H,5-6H2,(H,12,13)(H,14,15). The quantitative estimate of drug-likeness (QED) is 0.851. The van der Waals surface area contributed by atoms with Gasteiger partial charge in [0.1, 0.15) is 0 Å². The second-order valence-corrected chi connectivity index (χ2v) is 4.03. The first-order chi connectivity index (χ1) is 7.25. The lowest BCUT2D eigenvalue weighted by Crippen LogP contribution is -2.32. The van der Waals surface area contributed by atoms with Crippen LogP contribution in [0.15, 0.2) is 33.7 Å². The maximum Gasteiger partial charge on any atom is 0.290 e. The Labute approximate surface area is 95.9 Å². The number of carbonyl (C=O) groups is 1. The van der Waals surface area contributed by atoms with Crippen LogP contribution in [-0.2, 0) is 4.79 Å². The highest BCUT2D eigenvalue weighted by Crippen LogP contribution is 2.13. The molecule has 15 heavy (non-hydrogen) atoms. The van der Waals surface area contributed by atoms with Crippen molar-refractivity contribution in [3.8, 4) is 0 Å². The number of halogens is 1. The molecule has 2 N–H and O–H groups in total. The molecule has 1 aliphatic heterocycles. The largest absolute Gasteiger partial charge is 0.364 e. The molecule has 0 unspecified atom stereocenters. The number of hydrogen-bond donors (Lipinski definition) is 2. The summed E-state index contributed by atoms with van der Waals surface area (Å²) in [6.45, 7) is 1.41. The van der Waals surface area contributed by atoms with Crippen molar-refractivity contribution in [1.29, 1.82) is 0 Å². The van der Waals surface area contributed by atoms with Gasteiger partial charge in [0, 0.05) is 16.7 Å². The van der Waals surface area contributed by atoms with E-state index in [2.05, 4.69) is 31.6 Å². The maximum absolute atomic E-state index is 11.6. The van der Waals surface area contributed by atoms with E-state index < -0.39 is 0 Å². The van der Waals surface area contributed by atoms with Crippen LogP contribution in [0.25, 0.3) is 0 Å². The van der Waals surface area contributed by atoms with Crippen molar-refractivity contribution >= 4 is 33.4 Å². The average molecular weight is 268 g/mol. The fourth-order valence-corrected chi connectivity index (χ4v) is 1.54. The molecule has 1 aliphatic rings. The number of hydrogen-bond acceptors (Lipinski definition) is 3. The highest BCUT2D eigenvalue weighted by Gasteiger charge is 2.14. The molecule has 0 radical (unpaired) electrons. The SMILES string of the molecule is O=C(Nc1ccc(Br)cc1)C1=NCCN1. The molecule has 2 rings (SSSR count). The summed E-state index contributed by atoms with van der Waals surface area (Å²) in [6, 6.07) is 7.41. The Morgan fingerprint density at radius 2 is 2.13 bits per heavy atom.